The van der Waals surface area contributed by atoms with Gasteiger partial charge in [-0.1, -0.05) is 0 Å². The topological polar surface area (TPSA) is 88.8 Å². The fourth-order valence-electron chi connectivity index (χ4n) is 1.67. The van der Waals surface area contributed by atoms with E-state index in [0.717, 1.165) is 0 Å². The number of hydrogen-bond acceptors (Lipinski definition) is 3. The molecule has 0 aliphatic rings. The minimum atomic E-state index is -0.591. The van der Waals surface area contributed by atoms with Crippen molar-refractivity contribution in [3.8, 4) is 0 Å². The highest BCUT2D eigenvalue weighted by atomic mass is 19.1. The van der Waals surface area contributed by atoms with Gasteiger partial charge in [-0.15, -0.1) is 0 Å². The van der Waals surface area contributed by atoms with Gasteiger partial charge in [0.1, 0.15) is 11.6 Å². The van der Waals surface area contributed by atoms with Gasteiger partial charge in [-0.25, -0.2) is 9.37 Å². The van der Waals surface area contributed by atoms with Crippen molar-refractivity contribution in [2.75, 3.05) is 0 Å². The molecule has 1 aromatic carbocycles. The Morgan fingerprint density at radius 3 is 2.88 bits per heavy atom. The maximum Gasteiger partial charge on any atom is 0.259 e. The average molecular weight is 235 g/mol. The molecular weight excluding hydrogens is 225 g/mol. The maximum atomic E-state index is 13.3. The zero-order chi connectivity index (χ0) is 12.6. The third kappa shape index (κ3) is 2.01. The number of nitrogens with two attached hydrogens (primary N) is 1. The van der Waals surface area contributed by atoms with Gasteiger partial charge in [0.05, 0.1) is 17.3 Å². The van der Waals surface area contributed by atoms with Crippen LogP contribution < -0.4 is 11.3 Å². The van der Waals surface area contributed by atoms with Crippen molar-refractivity contribution in [3.05, 3.63) is 39.7 Å². The van der Waals surface area contributed by atoms with Gasteiger partial charge in [0.15, 0.2) is 0 Å². The Hall–Kier alpha value is -2.24. The lowest BCUT2D eigenvalue weighted by molar-refractivity contribution is -0.117. The molecule has 2 rings (SSSR count). The molecule has 3 N–H and O–H groups in total. The minimum absolute atomic E-state index is 0.151. The van der Waals surface area contributed by atoms with Gasteiger partial charge in [-0.3, -0.25) is 9.59 Å². The number of fused-ring (bicyclic) bond motifs is 1. The van der Waals surface area contributed by atoms with Crippen molar-refractivity contribution in [1.82, 2.24) is 9.97 Å². The van der Waals surface area contributed by atoms with E-state index in [4.69, 9.17) is 5.73 Å². The Morgan fingerprint density at radius 2 is 2.24 bits per heavy atom. The maximum absolute atomic E-state index is 13.3. The summed E-state index contributed by atoms with van der Waals surface area (Å²) in [6.45, 7) is 1.50. The van der Waals surface area contributed by atoms with Crippen molar-refractivity contribution in [2.24, 2.45) is 5.73 Å². The number of hydrogen-bond donors (Lipinski definition) is 2. The molecule has 0 radical (unpaired) electrons. The lowest BCUT2D eigenvalue weighted by atomic mass is 10.1. The molecule has 6 heteroatoms. The Bertz CT molecular complexity index is 664. The van der Waals surface area contributed by atoms with Crippen LogP contribution in [0.3, 0.4) is 0 Å². The molecule has 0 unspecified atom stereocenters. The van der Waals surface area contributed by atoms with Gasteiger partial charge in [0, 0.05) is 0 Å². The summed E-state index contributed by atoms with van der Waals surface area (Å²) in [7, 11) is 0. The third-order valence-corrected chi connectivity index (χ3v) is 2.46. The predicted molar refractivity (Wildman–Crippen MR) is 60.0 cm³/mol. The number of benzene rings is 1. The standard InChI is InChI=1S/C11H10FN3O2/c1-5-6(12)2-3-7-10(5)11(17)15-9(14-7)4-8(13)16/h2-3H,4H2,1H3,(H2,13,16)(H,14,15,17). The van der Waals surface area contributed by atoms with E-state index in [2.05, 4.69) is 9.97 Å². The SMILES string of the molecule is Cc1c(F)ccc2nc(CC(N)=O)[nH]c(=O)c12. The zero-order valence-corrected chi connectivity index (χ0v) is 9.08. The molecule has 1 heterocycles. The number of aryl methyl sites for hydroxylation is 1. The quantitative estimate of drug-likeness (QED) is 0.789. The molecule has 88 valence electrons. The summed E-state index contributed by atoms with van der Waals surface area (Å²) in [5, 5.41) is 0.193. The number of nitrogens with zero attached hydrogens (tertiary/aromatic N) is 1. The smallest absolute Gasteiger partial charge is 0.259 e. The predicted octanol–water partition coefficient (Wildman–Crippen LogP) is 0.398. The molecule has 0 saturated carbocycles. The van der Waals surface area contributed by atoms with Crippen LogP contribution in [0.4, 0.5) is 4.39 Å². The van der Waals surface area contributed by atoms with Gasteiger partial charge in [-0.2, -0.15) is 0 Å². The van der Waals surface area contributed by atoms with Gasteiger partial charge < -0.3 is 10.7 Å². The van der Waals surface area contributed by atoms with E-state index in [1.807, 2.05) is 0 Å². The second kappa shape index (κ2) is 3.97. The van der Waals surface area contributed by atoms with E-state index >= 15 is 0 Å². The highest BCUT2D eigenvalue weighted by Gasteiger charge is 2.10. The number of aromatic amines is 1. The summed E-state index contributed by atoms with van der Waals surface area (Å²) in [4.78, 5) is 28.9. The second-order valence-corrected chi connectivity index (χ2v) is 3.72. The molecule has 0 aliphatic carbocycles. The minimum Gasteiger partial charge on any atom is -0.369 e. The summed E-state index contributed by atoms with van der Waals surface area (Å²) in [5.74, 6) is -0.875. The number of halogens is 1. The molecule has 2 aromatic rings. The first-order valence-corrected chi connectivity index (χ1v) is 4.95. The van der Waals surface area contributed by atoms with Crippen LogP contribution >= 0.6 is 0 Å². The molecule has 5 nitrogen and oxygen atoms in total. The van der Waals surface area contributed by atoms with Crippen molar-refractivity contribution in [2.45, 2.75) is 13.3 Å². The van der Waals surface area contributed by atoms with E-state index in [-0.39, 0.29) is 23.2 Å². The number of carbonyl (C=O) groups is 1. The molecule has 1 aromatic heterocycles. The number of aromatic nitrogens is 2. The molecule has 0 spiro atoms. The van der Waals surface area contributed by atoms with Crippen LogP contribution in [-0.2, 0) is 11.2 Å². The van der Waals surface area contributed by atoms with Gasteiger partial charge in [-0.05, 0) is 24.6 Å². The summed E-state index contributed by atoms with van der Waals surface area (Å²) >= 11 is 0. The molecule has 1 amide bonds. The number of H-pyrrole nitrogens is 1. The van der Waals surface area contributed by atoms with E-state index < -0.39 is 17.3 Å². The second-order valence-electron chi connectivity index (χ2n) is 3.72. The van der Waals surface area contributed by atoms with Crippen molar-refractivity contribution in [1.29, 1.82) is 0 Å². The molecule has 0 aliphatic heterocycles. The van der Waals surface area contributed by atoms with Crippen LogP contribution in [0.1, 0.15) is 11.4 Å². The Morgan fingerprint density at radius 1 is 1.53 bits per heavy atom. The van der Waals surface area contributed by atoms with Crippen LogP contribution in [-0.4, -0.2) is 15.9 Å². The number of amides is 1. The summed E-state index contributed by atoms with van der Waals surface area (Å²) in [6.07, 6.45) is -0.151. The van der Waals surface area contributed by atoms with E-state index in [9.17, 15) is 14.0 Å². The summed E-state index contributed by atoms with van der Waals surface area (Å²) < 4.78 is 13.3. The van der Waals surface area contributed by atoms with Crippen LogP contribution in [0.15, 0.2) is 16.9 Å². The zero-order valence-electron chi connectivity index (χ0n) is 9.08. The van der Waals surface area contributed by atoms with Crippen molar-refractivity contribution >= 4 is 16.8 Å². The summed E-state index contributed by atoms with van der Waals surface area (Å²) in [5.41, 5.74) is 5.13. The lowest BCUT2D eigenvalue weighted by Crippen LogP contribution is -2.20. The number of primary amides is 1. The molecule has 0 saturated heterocycles. The first-order chi connectivity index (χ1) is 7.99. The third-order valence-electron chi connectivity index (χ3n) is 2.46. The number of nitrogens with one attached hydrogen (secondary N) is 1. The lowest BCUT2D eigenvalue weighted by Gasteiger charge is -2.04. The van der Waals surface area contributed by atoms with Crippen molar-refractivity contribution in [3.63, 3.8) is 0 Å². The molecule has 0 fully saturated rings. The van der Waals surface area contributed by atoms with Gasteiger partial charge in [0.2, 0.25) is 5.91 Å². The highest BCUT2D eigenvalue weighted by Crippen LogP contribution is 2.15. The fraction of sp³-hybridized carbons (Fsp3) is 0.182. The van der Waals surface area contributed by atoms with E-state index in [0.29, 0.717) is 5.52 Å². The van der Waals surface area contributed by atoms with Crippen LogP contribution in [0.2, 0.25) is 0 Å². The first kappa shape index (κ1) is 11.3. The van der Waals surface area contributed by atoms with Gasteiger partial charge >= 0.3 is 0 Å². The number of carbonyl (C=O) groups excluding carboxylic acids is 1. The molecular formula is C11H10FN3O2. The normalized spacial score (nSPS) is 10.7. The Kier molecular flexibility index (Phi) is 2.63. The van der Waals surface area contributed by atoms with Crippen LogP contribution in [0.5, 0.6) is 0 Å². The Labute approximate surface area is 95.5 Å². The van der Waals surface area contributed by atoms with E-state index in [1.165, 1.54) is 19.1 Å². The first-order valence-electron chi connectivity index (χ1n) is 4.95. The largest absolute Gasteiger partial charge is 0.369 e. The molecule has 17 heavy (non-hydrogen) atoms. The van der Waals surface area contributed by atoms with Gasteiger partial charge in [0.25, 0.3) is 5.56 Å². The molecule has 0 bridgehead atoms. The molecule has 0 atom stereocenters. The van der Waals surface area contributed by atoms with Crippen LogP contribution in [0.25, 0.3) is 10.9 Å². The average Bonchev–Trinajstić information content (AvgIpc) is 2.22. The van der Waals surface area contributed by atoms with Crippen molar-refractivity contribution < 1.29 is 9.18 Å². The Balaban J connectivity index is 2.72. The highest BCUT2D eigenvalue weighted by molar-refractivity contribution is 5.82. The fourth-order valence-corrected chi connectivity index (χ4v) is 1.67. The monoisotopic (exact) mass is 235 g/mol. The van der Waals surface area contributed by atoms with E-state index in [1.54, 1.807) is 0 Å². The summed E-state index contributed by atoms with van der Waals surface area (Å²) in [6, 6.07) is 2.63. The number of rotatable bonds is 2. The van der Waals surface area contributed by atoms with Crippen LogP contribution in [0, 0.1) is 12.7 Å².